The van der Waals surface area contributed by atoms with Crippen molar-refractivity contribution in [2.24, 2.45) is 4.99 Å². The summed E-state index contributed by atoms with van der Waals surface area (Å²) in [5.41, 5.74) is 1.34. The fourth-order valence-electron chi connectivity index (χ4n) is 3.30. The number of aliphatic hydroxyl groups is 1. The molecule has 0 saturated carbocycles. The molecule has 1 fully saturated rings. The second kappa shape index (κ2) is 11.0. The number of β-amino-alcohol motifs (C(OH)–C–C–N with tert-alkyl or cyclic N) is 1. The van der Waals surface area contributed by atoms with E-state index in [-0.39, 0.29) is 24.0 Å². The number of benzene rings is 1. The molecule has 4 N–H and O–H groups in total. The van der Waals surface area contributed by atoms with Crippen molar-refractivity contribution in [1.29, 1.82) is 0 Å². The van der Waals surface area contributed by atoms with E-state index in [2.05, 4.69) is 43.7 Å². The molecule has 1 saturated heterocycles. The first kappa shape index (κ1) is 22.9. The Morgan fingerprint density at radius 3 is 2.75 bits per heavy atom. The van der Waals surface area contributed by atoms with E-state index in [1.807, 2.05) is 26.0 Å². The molecule has 0 aliphatic carbocycles. The molecule has 0 bridgehead atoms. The topological polar surface area (TPSA) is 84.9 Å². The summed E-state index contributed by atoms with van der Waals surface area (Å²) in [5.74, 6) is 0.707. The van der Waals surface area contributed by atoms with Crippen molar-refractivity contribution in [1.82, 2.24) is 20.5 Å². The summed E-state index contributed by atoms with van der Waals surface area (Å²) in [5, 5.41) is 18.4. The van der Waals surface area contributed by atoms with Crippen molar-refractivity contribution >= 4 is 40.8 Å². The van der Waals surface area contributed by atoms with Gasteiger partial charge in [0, 0.05) is 43.9 Å². The zero-order chi connectivity index (χ0) is 19.1. The highest BCUT2D eigenvalue weighted by atomic mass is 127. The third-order valence-electron chi connectivity index (χ3n) is 4.64. The van der Waals surface area contributed by atoms with E-state index >= 15 is 0 Å². The van der Waals surface area contributed by atoms with E-state index < -0.39 is 5.60 Å². The average molecular weight is 501 g/mol. The third kappa shape index (κ3) is 6.91. The summed E-state index contributed by atoms with van der Waals surface area (Å²) in [4.78, 5) is 10.3. The number of ether oxygens (including phenoxy) is 1. The largest absolute Gasteiger partial charge is 0.387 e. The van der Waals surface area contributed by atoms with Gasteiger partial charge in [-0.15, -0.1) is 24.0 Å². The van der Waals surface area contributed by atoms with E-state index in [1.165, 1.54) is 5.39 Å². The minimum Gasteiger partial charge on any atom is -0.387 e. The van der Waals surface area contributed by atoms with Crippen LogP contribution >= 0.6 is 24.0 Å². The minimum atomic E-state index is -0.839. The predicted molar refractivity (Wildman–Crippen MR) is 124 cm³/mol. The predicted octanol–water partition coefficient (Wildman–Crippen LogP) is 1.92. The lowest BCUT2D eigenvalue weighted by Gasteiger charge is -2.34. The van der Waals surface area contributed by atoms with Gasteiger partial charge in [0.05, 0.1) is 25.4 Å². The Hall–Kier alpha value is -1.36. The second-order valence-corrected chi connectivity index (χ2v) is 7.32. The monoisotopic (exact) mass is 501 g/mol. The Balaban J connectivity index is 0.00000280. The highest BCUT2D eigenvalue weighted by Gasteiger charge is 2.25. The summed E-state index contributed by atoms with van der Waals surface area (Å²) in [6.07, 6.45) is 0. The molecule has 0 amide bonds. The van der Waals surface area contributed by atoms with Crippen LogP contribution in [0.15, 0.2) is 35.3 Å². The number of hydrogen-bond acceptors (Lipinski definition) is 4. The lowest BCUT2D eigenvalue weighted by atomic mass is 10.1. The first-order valence-electron chi connectivity index (χ1n) is 9.67. The van der Waals surface area contributed by atoms with Gasteiger partial charge in [-0.3, -0.25) is 4.90 Å². The Morgan fingerprint density at radius 2 is 2.04 bits per heavy atom. The Kier molecular flexibility index (Phi) is 9.00. The lowest BCUT2D eigenvalue weighted by molar-refractivity contribution is -0.0201. The number of rotatable bonds is 7. The molecule has 1 unspecified atom stereocenters. The maximum Gasteiger partial charge on any atom is 0.191 e. The number of halogens is 1. The van der Waals surface area contributed by atoms with Gasteiger partial charge in [-0.25, -0.2) is 4.99 Å². The highest BCUT2D eigenvalue weighted by Crippen LogP contribution is 2.15. The number of H-pyrrole nitrogens is 1. The van der Waals surface area contributed by atoms with Crippen LogP contribution < -0.4 is 10.6 Å². The van der Waals surface area contributed by atoms with Crippen molar-refractivity contribution in [3.8, 4) is 0 Å². The summed E-state index contributed by atoms with van der Waals surface area (Å²) in [7, 11) is 0. The number of hydrogen-bond donors (Lipinski definition) is 4. The van der Waals surface area contributed by atoms with Crippen LogP contribution in [0.2, 0.25) is 0 Å². The van der Waals surface area contributed by atoms with Crippen molar-refractivity contribution in [2.75, 3.05) is 45.9 Å². The van der Waals surface area contributed by atoms with Crippen LogP contribution in [0, 0.1) is 0 Å². The minimum absolute atomic E-state index is 0. The molecule has 0 spiro atoms. The second-order valence-electron chi connectivity index (χ2n) is 7.32. The summed E-state index contributed by atoms with van der Waals surface area (Å²) >= 11 is 0. The fourth-order valence-corrected chi connectivity index (χ4v) is 3.30. The highest BCUT2D eigenvalue weighted by molar-refractivity contribution is 14.0. The molecule has 3 rings (SSSR count). The molecule has 28 heavy (non-hydrogen) atoms. The van der Waals surface area contributed by atoms with Gasteiger partial charge in [-0.05, 0) is 31.4 Å². The van der Waals surface area contributed by atoms with Crippen LogP contribution in [0.1, 0.15) is 19.5 Å². The van der Waals surface area contributed by atoms with Gasteiger partial charge in [0.25, 0.3) is 0 Å². The van der Waals surface area contributed by atoms with Crippen LogP contribution in [-0.2, 0) is 11.3 Å². The SMILES string of the molecule is CCNC(=NCc1cc2ccccc2[nH]1)NCC(C)(O)CN1CCOCC1.I. The molecule has 1 atom stereocenters. The number of aliphatic imine (C=N–C) groups is 1. The summed E-state index contributed by atoms with van der Waals surface area (Å²) in [6.45, 7) is 9.46. The van der Waals surface area contributed by atoms with Crippen LogP contribution in [-0.4, -0.2) is 72.5 Å². The Labute approximate surface area is 184 Å². The number of guanidine groups is 1. The quantitative estimate of drug-likeness (QED) is 0.265. The van der Waals surface area contributed by atoms with Crippen LogP contribution in [0.25, 0.3) is 10.9 Å². The van der Waals surface area contributed by atoms with Gasteiger partial charge in [0.2, 0.25) is 0 Å². The van der Waals surface area contributed by atoms with Crippen molar-refractivity contribution < 1.29 is 9.84 Å². The molecular weight excluding hydrogens is 469 g/mol. The molecule has 1 aromatic heterocycles. The molecule has 2 aromatic rings. The van der Waals surface area contributed by atoms with Gasteiger partial charge in [-0.2, -0.15) is 0 Å². The van der Waals surface area contributed by atoms with Gasteiger partial charge in [-0.1, -0.05) is 18.2 Å². The molecule has 8 heteroatoms. The lowest BCUT2D eigenvalue weighted by Crippen LogP contribution is -2.52. The van der Waals surface area contributed by atoms with Gasteiger partial charge in [0.1, 0.15) is 0 Å². The average Bonchev–Trinajstić information content (AvgIpc) is 3.07. The number of aromatic amines is 1. The van der Waals surface area contributed by atoms with E-state index in [0.717, 1.165) is 44.1 Å². The van der Waals surface area contributed by atoms with E-state index in [4.69, 9.17) is 4.74 Å². The zero-order valence-corrected chi connectivity index (χ0v) is 19.0. The summed E-state index contributed by atoms with van der Waals surface area (Å²) in [6, 6.07) is 10.3. The maximum atomic E-state index is 10.7. The molecule has 2 heterocycles. The van der Waals surface area contributed by atoms with Gasteiger partial charge >= 0.3 is 0 Å². The Morgan fingerprint density at radius 1 is 1.29 bits per heavy atom. The number of para-hydroxylation sites is 1. The molecule has 1 aromatic carbocycles. The number of morpholine rings is 1. The number of fused-ring (bicyclic) bond motifs is 1. The van der Waals surface area contributed by atoms with E-state index in [1.54, 1.807) is 0 Å². The molecule has 0 radical (unpaired) electrons. The molecular formula is C20H32IN5O2. The smallest absolute Gasteiger partial charge is 0.191 e. The van der Waals surface area contributed by atoms with Crippen LogP contribution in [0.4, 0.5) is 0 Å². The first-order chi connectivity index (χ1) is 13.1. The molecule has 7 nitrogen and oxygen atoms in total. The number of aromatic nitrogens is 1. The standard InChI is InChI=1S/C20H31N5O2.HI/c1-3-21-19(22-13-17-12-16-6-4-5-7-18(16)24-17)23-14-20(2,26)15-25-8-10-27-11-9-25;/h4-7,12,24,26H,3,8-11,13-15H2,1-2H3,(H2,21,22,23);1H. The fraction of sp³-hybridized carbons (Fsp3) is 0.550. The number of nitrogens with zero attached hydrogens (tertiary/aromatic N) is 2. The Bertz CT molecular complexity index is 723. The normalized spacial score (nSPS) is 17.8. The molecule has 1 aliphatic rings. The van der Waals surface area contributed by atoms with Crippen LogP contribution in [0.3, 0.4) is 0 Å². The van der Waals surface area contributed by atoms with Crippen LogP contribution in [0.5, 0.6) is 0 Å². The molecule has 156 valence electrons. The van der Waals surface area contributed by atoms with Gasteiger partial charge in [0.15, 0.2) is 5.96 Å². The van der Waals surface area contributed by atoms with E-state index in [0.29, 0.717) is 25.6 Å². The summed E-state index contributed by atoms with van der Waals surface area (Å²) < 4.78 is 5.37. The van der Waals surface area contributed by atoms with Gasteiger partial charge < -0.3 is 25.5 Å². The van der Waals surface area contributed by atoms with E-state index in [9.17, 15) is 5.11 Å². The number of nitrogens with one attached hydrogen (secondary N) is 3. The molecule has 1 aliphatic heterocycles. The van der Waals surface area contributed by atoms with Crippen molar-refractivity contribution in [2.45, 2.75) is 26.0 Å². The maximum absolute atomic E-state index is 10.7. The van der Waals surface area contributed by atoms with Crippen molar-refractivity contribution in [3.05, 3.63) is 36.0 Å². The third-order valence-corrected chi connectivity index (χ3v) is 4.64. The van der Waals surface area contributed by atoms with Crippen molar-refractivity contribution in [3.63, 3.8) is 0 Å². The zero-order valence-electron chi connectivity index (χ0n) is 16.7. The first-order valence-corrected chi connectivity index (χ1v) is 9.67.